The molecule has 1 aliphatic heterocycles. The van der Waals surface area contributed by atoms with Crippen LogP contribution in [-0.2, 0) is 44.9 Å². The zero-order valence-corrected chi connectivity index (χ0v) is 38.5. The number of aromatic nitrogens is 2. The number of ether oxygens (including phenoxy) is 2. The minimum absolute atomic E-state index is 0.00770. The highest BCUT2D eigenvalue weighted by Crippen LogP contribution is 2.44. The van der Waals surface area contributed by atoms with E-state index in [9.17, 15) is 36.0 Å². The van der Waals surface area contributed by atoms with E-state index in [1.54, 1.807) is 70.2 Å². The molecule has 5 N–H and O–H groups in total. The number of benzene rings is 2. The molecule has 1 aromatic heterocycles. The number of carbonyl (C=O) groups excluding carboxylic acids is 4. The number of sulfonamides is 2. The van der Waals surface area contributed by atoms with E-state index < -0.39 is 72.4 Å². The van der Waals surface area contributed by atoms with Gasteiger partial charge in [0, 0.05) is 18.4 Å². The van der Waals surface area contributed by atoms with Crippen molar-refractivity contribution >= 4 is 60.6 Å². The monoisotopic (exact) mass is 911 g/mol. The van der Waals surface area contributed by atoms with Gasteiger partial charge in [-0.05, 0) is 104 Å². The van der Waals surface area contributed by atoms with Gasteiger partial charge in [0.25, 0.3) is 6.01 Å². The van der Waals surface area contributed by atoms with Crippen molar-refractivity contribution < 1.29 is 45.5 Å². The third kappa shape index (κ3) is 12.1. The number of nitrogens with two attached hydrogens (primary N) is 1. The maximum Gasteiger partial charge on any atom is 0.408 e. The van der Waals surface area contributed by atoms with E-state index in [2.05, 4.69) is 14.8 Å². The molecule has 17 nitrogen and oxygen atoms in total. The maximum absolute atomic E-state index is 14.3. The number of allylic oxidation sites excluding steroid dienone is 2. The first-order valence-electron chi connectivity index (χ1n) is 21.6. The fraction of sp³-hybridized carbons (Fsp3) is 0.568. The van der Waals surface area contributed by atoms with Gasteiger partial charge >= 0.3 is 6.09 Å². The summed E-state index contributed by atoms with van der Waals surface area (Å²) in [4.78, 5) is 58.7. The van der Waals surface area contributed by atoms with Crippen molar-refractivity contribution in [1.82, 2.24) is 24.5 Å². The number of primary amides is 1. The molecule has 1 saturated heterocycles. The molecule has 63 heavy (non-hydrogen) atoms. The zero-order chi connectivity index (χ0) is 45.9. The lowest BCUT2D eigenvalue weighted by Gasteiger charge is -2.28. The number of nitrogens with one attached hydrogen (secondary N) is 3. The van der Waals surface area contributed by atoms with Gasteiger partial charge in [0.2, 0.25) is 37.8 Å². The van der Waals surface area contributed by atoms with E-state index in [1.165, 1.54) is 4.90 Å². The second-order valence-electron chi connectivity index (χ2n) is 18.5. The van der Waals surface area contributed by atoms with Gasteiger partial charge < -0.3 is 25.4 Å². The molecule has 6 rings (SSSR count). The summed E-state index contributed by atoms with van der Waals surface area (Å²) < 4.78 is 69.1. The normalized spacial score (nSPS) is 21.3. The number of nitrogens with zero attached hydrogens (tertiary/aromatic N) is 3. The third-order valence-electron chi connectivity index (χ3n) is 11.6. The van der Waals surface area contributed by atoms with Crippen molar-refractivity contribution in [3.63, 3.8) is 0 Å². The van der Waals surface area contributed by atoms with E-state index in [-0.39, 0.29) is 54.7 Å². The predicted octanol–water partition coefficient (Wildman–Crippen LogP) is 5.43. The van der Waals surface area contributed by atoms with Crippen molar-refractivity contribution in [2.24, 2.45) is 17.6 Å². The summed E-state index contributed by atoms with van der Waals surface area (Å²) in [5.41, 5.74) is 6.90. The summed E-state index contributed by atoms with van der Waals surface area (Å²) in [5, 5.41) is 2.71. The number of carbonyl (C=O) groups is 4. The predicted molar refractivity (Wildman–Crippen MR) is 238 cm³/mol. The van der Waals surface area contributed by atoms with Gasteiger partial charge in [-0.2, -0.15) is 4.98 Å². The van der Waals surface area contributed by atoms with Crippen LogP contribution in [0.3, 0.4) is 0 Å². The molecular weight excluding hydrogens is 851 g/mol. The van der Waals surface area contributed by atoms with Crippen LogP contribution in [0.4, 0.5) is 10.5 Å². The van der Waals surface area contributed by atoms with E-state index >= 15 is 0 Å². The number of hydrogen-bond acceptors (Lipinski definition) is 11. The Morgan fingerprint density at radius 2 is 1.70 bits per heavy atom. The quantitative estimate of drug-likeness (QED) is 0.0824. The number of fused-ring (bicyclic) bond motifs is 1. The number of likely N-dealkylation sites (tertiary alicyclic amines) is 1. The lowest BCUT2D eigenvalue weighted by molar-refractivity contribution is -0.139. The number of anilines is 1. The average molecular weight is 912 g/mol. The number of hydrogen-bond donors (Lipinski definition) is 4. The molecular formula is C44H61N7O10S2. The molecule has 5 unspecified atom stereocenters. The number of unbranched alkanes of at least 4 members (excludes halogenated alkanes) is 3. The van der Waals surface area contributed by atoms with Gasteiger partial charge in [-0.15, -0.1) is 0 Å². The highest BCUT2D eigenvalue weighted by Gasteiger charge is 2.52. The first-order chi connectivity index (χ1) is 29.6. The molecule has 3 aliphatic rings. The summed E-state index contributed by atoms with van der Waals surface area (Å²) in [7, 11) is -7.48. The largest absolute Gasteiger partial charge is 0.459 e. The van der Waals surface area contributed by atoms with Gasteiger partial charge in [-0.3, -0.25) is 28.4 Å². The Hall–Kier alpha value is -5.17. The molecule has 0 radical (unpaired) electrons. The number of imidazole rings is 1. The van der Waals surface area contributed by atoms with Gasteiger partial charge in [0.1, 0.15) is 29.3 Å². The van der Waals surface area contributed by atoms with Crippen LogP contribution in [-0.4, -0.2) is 90.2 Å². The van der Waals surface area contributed by atoms with E-state index in [0.717, 1.165) is 6.42 Å². The summed E-state index contributed by atoms with van der Waals surface area (Å²) in [6.45, 7) is 10.6. The van der Waals surface area contributed by atoms with Crippen molar-refractivity contribution in [3.05, 3.63) is 66.2 Å². The molecule has 2 saturated carbocycles. The zero-order valence-electron chi connectivity index (χ0n) is 36.8. The molecule has 0 bridgehead atoms. The second kappa shape index (κ2) is 18.9. The van der Waals surface area contributed by atoms with Crippen molar-refractivity contribution in [1.29, 1.82) is 0 Å². The second-order valence-corrected chi connectivity index (χ2v) is 22.4. The first kappa shape index (κ1) is 47.3. The smallest absolute Gasteiger partial charge is 0.408 e. The number of alkyl carbamates (subject to hydrolysis) is 1. The Kier molecular flexibility index (Phi) is 14.2. The van der Waals surface area contributed by atoms with Crippen LogP contribution >= 0.6 is 0 Å². The van der Waals surface area contributed by atoms with Gasteiger partial charge in [0.15, 0.2) is 0 Å². The standard InChI is InChI=1S/C44H61N7O10S2/c1-28(2)51-35-21-15-20-33(48-62(56,57)27-29-16-11-10-12-17-29)37(35)47-41(51)60-31-25-36(38(45)52)50(26-31)40(54)34(46-42(55)61-43(3,4)5)19-14-9-7-8-13-18-30-24-32(30)39(53)49-63(58,59)44(6)22-23-44/h10-13,15-18,20-21,28,30-32,34,36,48H,7-9,14,19,22-27H2,1-6H3,(H2,45,52)(H,46,55)(H,49,53). The van der Waals surface area contributed by atoms with Crippen LogP contribution in [0.5, 0.6) is 6.01 Å². The Morgan fingerprint density at radius 1 is 0.984 bits per heavy atom. The molecule has 0 spiro atoms. The van der Waals surface area contributed by atoms with Crippen molar-refractivity contribution in [3.8, 4) is 6.01 Å². The maximum atomic E-state index is 14.3. The average Bonchev–Trinajstić information content (AvgIpc) is 4.05. The van der Waals surface area contributed by atoms with Gasteiger partial charge in [-0.25, -0.2) is 21.6 Å². The summed E-state index contributed by atoms with van der Waals surface area (Å²) >= 11 is 0. The minimum atomic E-state index is -3.82. The highest BCUT2D eigenvalue weighted by atomic mass is 32.2. The number of amides is 4. The Bertz CT molecular complexity index is 2430. The van der Waals surface area contributed by atoms with Crippen LogP contribution in [0.1, 0.15) is 111 Å². The summed E-state index contributed by atoms with van der Waals surface area (Å²) in [6.07, 6.45) is 7.16. The summed E-state index contributed by atoms with van der Waals surface area (Å²) in [5.74, 6) is -2.30. The van der Waals surface area contributed by atoms with E-state index in [1.807, 2.05) is 36.6 Å². The molecule has 4 amide bonds. The molecule has 3 fully saturated rings. The highest BCUT2D eigenvalue weighted by molar-refractivity contribution is 7.92. The lowest BCUT2D eigenvalue weighted by Crippen LogP contribution is -2.53. The summed E-state index contributed by atoms with van der Waals surface area (Å²) in [6, 6.07) is 11.9. The van der Waals surface area contributed by atoms with Crippen LogP contribution < -0.4 is 25.2 Å². The van der Waals surface area contributed by atoms with Gasteiger partial charge in [-0.1, -0.05) is 61.4 Å². The van der Waals surface area contributed by atoms with Crippen LogP contribution in [0.25, 0.3) is 11.0 Å². The van der Waals surface area contributed by atoms with Crippen LogP contribution in [0.2, 0.25) is 0 Å². The Labute approximate surface area is 370 Å². The number of rotatable bonds is 20. The lowest BCUT2D eigenvalue weighted by atomic mass is 10.0. The molecule has 2 heterocycles. The van der Waals surface area contributed by atoms with Crippen LogP contribution in [0, 0.1) is 11.8 Å². The molecule has 3 aromatic rings. The third-order valence-corrected chi connectivity index (χ3v) is 15.0. The molecule has 5 atom stereocenters. The van der Waals surface area contributed by atoms with Crippen LogP contribution in [0.15, 0.2) is 60.7 Å². The molecule has 2 aromatic carbocycles. The van der Waals surface area contributed by atoms with Crippen molar-refractivity contribution in [2.75, 3.05) is 11.3 Å². The van der Waals surface area contributed by atoms with E-state index in [4.69, 9.17) is 20.2 Å². The van der Waals surface area contributed by atoms with Gasteiger partial charge in [0.05, 0.1) is 28.2 Å². The van der Waals surface area contributed by atoms with E-state index in [0.29, 0.717) is 55.1 Å². The minimum Gasteiger partial charge on any atom is -0.459 e. The molecule has 19 heteroatoms. The first-order valence-corrected chi connectivity index (χ1v) is 24.7. The molecule has 2 aliphatic carbocycles. The molecule has 344 valence electrons. The Morgan fingerprint density at radius 3 is 2.35 bits per heavy atom. The topological polar surface area (TPSA) is 238 Å². The van der Waals surface area contributed by atoms with Crippen molar-refractivity contribution in [2.45, 2.75) is 140 Å². The SMILES string of the molecule is CC(C)n1c(OC2CC(C(N)=O)N(C(=O)C(CCCCCC=CC3CC3C(=O)NS(=O)(=O)C3(C)CC3)NC(=O)OC(C)(C)C)C2)nc2c(NS(=O)(=O)Cc3ccccc3)cccc21. The number of para-hydroxylation sites is 1. The Balaban J connectivity index is 1.09. The fourth-order valence-electron chi connectivity index (χ4n) is 7.77. The fourth-order valence-corrected chi connectivity index (χ4v) is 10.3.